The third kappa shape index (κ3) is 2.86. The van der Waals surface area contributed by atoms with Gasteiger partial charge in [0.1, 0.15) is 0 Å². The summed E-state index contributed by atoms with van der Waals surface area (Å²) in [6.07, 6.45) is 0. The minimum Gasteiger partial charge on any atom is -0.493 e. The number of methoxy groups -OCH3 is 1. The van der Waals surface area contributed by atoms with E-state index in [0.29, 0.717) is 12.4 Å². The number of ether oxygens (including phenoxy) is 2. The molecule has 3 nitrogen and oxygen atoms in total. The predicted octanol–water partition coefficient (Wildman–Crippen LogP) is 2.03. The molecule has 1 aromatic rings. The zero-order valence-electron chi connectivity index (χ0n) is 9.41. The largest absolute Gasteiger partial charge is 0.493 e. The van der Waals surface area contributed by atoms with Gasteiger partial charge in [-0.25, -0.2) is 0 Å². The fraction of sp³-hybridized carbons (Fsp3) is 0.417. The normalized spacial score (nSPS) is 10.5. The molecule has 0 spiro atoms. The molecule has 0 bridgehead atoms. The van der Waals surface area contributed by atoms with Gasteiger partial charge in [-0.05, 0) is 24.6 Å². The van der Waals surface area contributed by atoms with Crippen LogP contribution in [0.15, 0.2) is 18.2 Å². The Morgan fingerprint density at radius 2 is 2.07 bits per heavy atom. The van der Waals surface area contributed by atoms with Crippen LogP contribution in [-0.4, -0.2) is 25.4 Å². The number of aliphatic hydroxyl groups excluding tert-OH is 1. The van der Waals surface area contributed by atoms with Crippen molar-refractivity contribution in [3.05, 3.63) is 29.7 Å². The number of hydrogen-bond donors (Lipinski definition) is 1. The highest BCUT2D eigenvalue weighted by Crippen LogP contribution is 2.30. The third-order valence-corrected chi connectivity index (χ3v) is 2.19. The molecule has 0 aromatic heterocycles. The summed E-state index contributed by atoms with van der Waals surface area (Å²) in [5.74, 6) is 2.34. The summed E-state index contributed by atoms with van der Waals surface area (Å²) >= 11 is 0. The Morgan fingerprint density at radius 1 is 1.33 bits per heavy atom. The smallest absolute Gasteiger partial charge is 0.161 e. The van der Waals surface area contributed by atoms with Crippen molar-refractivity contribution in [2.45, 2.75) is 13.8 Å². The fourth-order valence-corrected chi connectivity index (χ4v) is 1.30. The Balaban J connectivity index is 2.96. The van der Waals surface area contributed by atoms with E-state index < -0.39 is 0 Å². The second-order valence-electron chi connectivity index (χ2n) is 3.24. The van der Waals surface area contributed by atoms with Gasteiger partial charge < -0.3 is 14.6 Å². The SMILES string of the molecule is CCOc1ccc([C](C)CO)cc1OC. The highest BCUT2D eigenvalue weighted by atomic mass is 16.5. The molecule has 1 N–H and O–H groups in total. The van der Waals surface area contributed by atoms with E-state index in [1.165, 1.54) is 0 Å². The van der Waals surface area contributed by atoms with Crippen LogP contribution in [-0.2, 0) is 0 Å². The zero-order valence-corrected chi connectivity index (χ0v) is 9.41. The van der Waals surface area contributed by atoms with Crippen LogP contribution >= 0.6 is 0 Å². The molecule has 0 amide bonds. The van der Waals surface area contributed by atoms with Crippen molar-refractivity contribution in [2.24, 2.45) is 0 Å². The summed E-state index contributed by atoms with van der Waals surface area (Å²) in [7, 11) is 1.61. The van der Waals surface area contributed by atoms with E-state index in [1.54, 1.807) is 7.11 Å². The summed E-state index contributed by atoms with van der Waals surface area (Å²) in [6, 6.07) is 5.65. The molecule has 15 heavy (non-hydrogen) atoms. The van der Waals surface area contributed by atoms with Crippen LogP contribution in [0, 0.1) is 5.92 Å². The average Bonchev–Trinajstić information content (AvgIpc) is 2.29. The average molecular weight is 209 g/mol. The van der Waals surface area contributed by atoms with E-state index in [0.717, 1.165) is 17.2 Å². The summed E-state index contributed by atoms with van der Waals surface area (Å²) in [6.45, 7) is 4.48. The van der Waals surface area contributed by atoms with Gasteiger partial charge >= 0.3 is 0 Å². The predicted molar refractivity (Wildman–Crippen MR) is 59.3 cm³/mol. The monoisotopic (exact) mass is 209 g/mol. The fourth-order valence-electron chi connectivity index (χ4n) is 1.30. The maximum absolute atomic E-state index is 9.02. The van der Waals surface area contributed by atoms with E-state index in [9.17, 15) is 0 Å². The molecule has 1 radical (unpaired) electrons. The molecule has 0 unspecified atom stereocenters. The van der Waals surface area contributed by atoms with Gasteiger partial charge in [-0.15, -0.1) is 0 Å². The number of aliphatic hydroxyl groups is 1. The first-order chi connectivity index (χ1) is 7.22. The van der Waals surface area contributed by atoms with Crippen molar-refractivity contribution in [3.8, 4) is 11.5 Å². The Labute approximate surface area is 90.6 Å². The van der Waals surface area contributed by atoms with Crippen LogP contribution in [0.4, 0.5) is 0 Å². The Morgan fingerprint density at radius 3 is 2.60 bits per heavy atom. The van der Waals surface area contributed by atoms with Crippen LogP contribution in [0.1, 0.15) is 19.4 Å². The maximum Gasteiger partial charge on any atom is 0.161 e. The van der Waals surface area contributed by atoms with Crippen molar-refractivity contribution >= 4 is 0 Å². The van der Waals surface area contributed by atoms with Gasteiger partial charge in [0.25, 0.3) is 0 Å². The van der Waals surface area contributed by atoms with Gasteiger partial charge in [0.2, 0.25) is 0 Å². The van der Waals surface area contributed by atoms with Gasteiger partial charge in [-0.2, -0.15) is 0 Å². The highest BCUT2D eigenvalue weighted by Gasteiger charge is 2.09. The van der Waals surface area contributed by atoms with Crippen LogP contribution < -0.4 is 9.47 Å². The van der Waals surface area contributed by atoms with E-state index in [2.05, 4.69) is 0 Å². The minimum absolute atomic E-state index is 0.0527. The molecular formula is C12H17O3. The van der Waals surface area contributed by atoms with Crippen LogP contribution in [0.5, 0.6) is 11.5 Å². The number of hydrogen-bond acceptors (Lipinski definition) is 3. The Hall–Kier alpha value is -1.22. The van der Waals surface area contributed by atoms with E-state index in [1.807, 2.05) is 32.0 Å². The molecule has 0 aliphatic heterocycles. The molecule has 0 saturated heterocycles. The third-order valence-electron chi connectivity index (χ3n) is 2.19. The van der Waals surface area contributed by atoms with Crippen molar-refractivity contribution < 1.29 is 14.6 Å². The summed E-state index contributed by atoms with van der Waals surface area (Å²) in [5, 5.41) is 9.02. The topological polar surface area (TPSA) is 38.7 Å². The van der Waals surface area contributed by atoms with Crippen molar-refractivity contribution in [1.29, 1.82) is 0 Å². The summed E-state index contributed by atoms with van der Waals surface area (Å²) < 4.78 is 10.6. The lowest BCUT2D eigenvalue weighted by molar-refractivity contribution is 0.308. The molecule has 0 fully saturated rings. The molecule has 0 aliphatic rings. The standard InChI is InChI=1S/C12H17O3/c1-4-15-11-6-5-10(9(2)8-13)7-12(11)14-3/h5-7,13H,4,8H2,1-3H3. The van der Waals surface area contributed by atoms with Crippen molar-refractivity contribution in [3.63, 3.8) is 0 Å². The Kier molecular flexibility index (Phi) is 4.43. The molecule has 0 aliphatic carbocycles. The minimum atomic E-state index is 0.0527. The molecule has 1 rings (SSSR count). The van der Waals surface area contributed by atoms with E-state index in [-0.39, 0.29) is 6.61 Å². The van der Waals surface area contributed by atoms with Crippen molar-refractivity contribution in [2.75, 3.05) is 20.3 Å². The summed E-state index contributed by atoms with van der Waals surface area (Å²) in [4.78, 5) is 0. The lowest BCUT2D eigenvalue weighted by Crippen LogP contribution is -2.02. The molecular weight excluding hydrogens is 192 g/mol. The second kappa shape index (κ2) is 5.61. The maximum atomic E-state index is 9.02. The molecule has 1 aromatic carbocycles. The molecule has 3 heteroatoms. The highest BCUT2D eigenvalue weighted by molar-refractivity contribution is 5.46. The first-order valence-corrected chi connectivity index (χ1v) is 4.97. The van der Waals surface area contributed by atoms with Gasteiger partial charge in [0.15, 0.2) is 11.5 Å². The molecule has 0 atom stereocenters. The van der Waals surface area contributed by atoms with Gasteiger partial charge in [-0.3, -0.25) is 0 Å². The van der Waals surface area contributed by atoms with Gasteiger partial charge in [0, 0.05) is 5.92 Å². The lowest BCUT2D eigenvalue weighted by Gasteiger charge is -2.13. The lowest BCUT2D eigenvalue weighted by atomic mass is 10.0. The van der Waals surface area contributed by atoms with Gasteiger partial charge in [-0.1, -0.05) is 13.0 Å². The van der Waals surface area contributed by atoms with Crippen LogP contribution in [0.25, 0.3) is 0 Å². The van der Waals surface area contributed by atoms with Crippen LogP contribution in [0.2, 0.25) is 0 Å². The molecule has 0 saturated carbocycles. The number of rotatable bonds is 5. The summed E-state index contributed by atoms with van der Waals surface area (Å²) in [5.41, 5.74) is 0.970. The Bertz CT molecular complexity index is 310. The first kappa shape index (κ1) is 11.9. The molecule has 83 valence electrons. The van der Waals surface area contributed by atoms with E-state index >= 15 is 0 Å². The van der Waals surface area contributed by atoms with Gasteiger partial charge in [0.05, 0.1) is 20.3 Å². The van der Waals surface area contributed by atoms with Crippen LogP contribution in [0.3, 0.4) is 0 Å². The van der Waals surface area contributed by atoms with Crippen molar-refractivity contribution in [1.82, 2.24) is 0 Å². The zero-order chi connectivity index (χ0) is 11.3. The quantitative estimate of drug-likeness (QED) is 0.806. The second-order valence-corrected chi connectivity index (χ2v) is 3.24. The number of benzene rings is 1. The van der Waals surface area contributed by atoms with E-state index in [4.69, 9.17) is 14.6 Å². The molecule has 0 heterocycles. The first-order valence-electron chi connectivity index (χ1n) is 4.97.